The topological polar surface area (TPSA) is 49.4 Å². The van der Waals surface area contributed by atoms with E-state index in [1.165, 1.54) is 0 Å². The minimum absolute atomic E-state index is 0.0436. The van der Waals surface area contributed by atoms with Crippen molar-refractivity contribution in [1.29, 1.82) is 0 Å². The molecule has 1 fully saturated rings. The number of rotatable bonds is 2. The van der Waals surface area contributed by atoms with E-state index in [-0.39, 0.29) is 21.4 Å². The van der Waals surface area contributed by atoms with Crippen LogP contribution in [-0.2, 0) is 4.79 Å². The molecule has 0 bridgehead atoms. The first-order valence-electron chi connectivity index (χ1n) is 6.79. The van der Waals surface area contributed by atoms with Gasteiger partial charge in [-0.1, -0.05) is 54.1 Å². The van der Waals surface area contributed by atoms with Gasteiger partial charge in [0.2, 0.25) is 0 Å². The van der Waals surface area contributed by atoms with Crippen molar-refractivity contribution in [2.75, 3.05) is 0 Å². The lowest BCUT2D eigenvalue weighted by Crippen LogP contribution is -2.36. The van der Waals surface area contributed by atoms with Crippen molar-refractivity contribution in [1.82, 2.24) is 10.2 Å². The third-order valence-electron chi connectivity index (χ3n) is 3.30. The lowest BCUT2D eigenvalue weighted by atomic mass is 10.2. The Hall–Kier alpha value is -2.50. The number of carbonyl (C=O) groups is 2. The molecule has 1 N–H and O–H groups in total. The Kier molecular flexibility index (Phi) is 4.23. The largest absolute Gasteiger partial charge is 0.327 e. The molecule has 0 saturated carbocycles. The standard InChI is InChI=1S/C17H11ClN2O2S/c18-13-9-5-4-8-12(13)15(21)20-16(22)14(19-17(20)23)10-11-6-2-1-3-7-11/h1-10H,(H,19,23)/b14-10-. The van der Waals surface area contributed by atoms with E-state index in [0.717, 1.165) is 10.5 Å². The third kappa shape index (κ3) is 3.02. The zero-order chi connectivity index (χ0) is 16.4. The zero-order valence-corrected chi connectivity index (χ0v) is 13.4. The Bertz CT molecular complexity index is 833. The molecule has 114 valence electrons. The van der Waals surface area contributed by atoms with Crippen LogP contribution in [0.5, 0.6) is 0 Å². The maximum Gasteiger partial charge on any atom is 0.283 e. The molecule has 3 rings (SSSR count). The molecular weight excluding hydrogens is 332 g/mol. The molecule has 0 atom stereocenters. The smallest absolute Gasteiger partial charge is 0.283 e. The minimum atomic E-state index is -0.547. The van der Waals surface area contributed by atoms with Gasteiger partial charge in [-0.15, -0.1) is 0 Å². The highest BCUT2D eigenvalue weighted by Crippen LogP contribution is 2.21. The molecule has 0 unspecified atom stereocenters. The molecule has 1 heterocycles. The first kappa shape index (κ1) is 15.4. The first-order valence-corrected chi connectivity index (χ1v) is 7.57. The number of benzene rings is 2. The van der Waals surface area contributed by atoms with Crippen molar-refractivity contribution in [3.05, 3.63) is 76.4 Å². The van der Waals surface area contributed by atoms with Crippen LogP contribution in [-0.4, -0.2) is 21.8 Å². The number of carbonyl (C=O) groups excluding carboxylic acids is 2. The second-order valence-corrected chi connectivity index (χ2v) is 5.62. The Labute approximate surface area is 143 Å². The van der Waals surface area contributed by atoms with Gasteiger partial charge in [0, 0.05) is 0 Å². The Morgan fingerprint density at radius 3 is 2.43 bits per heavy atom. The van der Waals surface area contributed by atoms with E-state index >= 15 is 0 Å². The van der Waals surface area contributed by atoms with Crippen LogP contribution in [0.25, 0.3) is 6.08 Å². The molecule has 2 amide bonds. The van der Waals surface area contributed by atoms with Gasteiger partial charge in [-0.2, -0.15) is 0 Å². The Morgan fingerprint density at radius 2 is 1.74 bits per heavy atom. The number of hydrogen-bond donors (Lipinski definition) is 1. The second kappa shape index (κ2) is 6.32. The van der Waals surface area contributed by atoms with Gasteiger partial charge < -0.3 is 5.32 Å². The first-order chi connectivity index (χ1) is 11.1. The second-order valence-electron chi connectivity index (χ2n) is 4.82. The van der Waals surface area contributed by atoms with Crippen molar-refractivity contribution in [3.63, 3.8) is 0 Å². The molecule has 0 spiro atoms. The molecule has 1 saturated heterocycles. The molecule has 0 radical (unpaired) electrons. The number of nitrogens with zero attached hydrogens (tertiary/aromatic N) is 1. The van der Waals surface area contributed by atoms with Crippen molar-refractivity contribution < 1.29 is 9.59 Å². The van der Waals surface area contributed by atoms with Crippen molar-refractivity contribution >= 4 is 46.8 Å². The van der Waals surface area contributed by atoms with Crippen LogP contribution >= 0.6 is 23.8 Å². The van der Waals surface area contributed by atoms with Gasteiger partial charge in [0.15, 0.2) is 5.11 Å². The number of nitrogens with one attached hydrogen (secondary N) is 1. The molecule has 6 heteroatoms. The highest BCUT2D eigenvalue weighted by molar-refractivity contribution is 7.80. The summed E-state index contributed by atoms with van der Waals surface area (Å²) >= 11 is 11.1. The Balaban J connectivity index is 1.92. The van der Waals surface area contributed by atoms with E-state index in [4.69, 9.17) is 23.8 Å². The SMILES string of the molecule is O=C1/C(=C/c2ccccc2)NC(=S)N1C(=O)c1ccccc1Cl. The van der Waals surface area contributed by atoms with Crippen molar-refractivity contribution in [2.24, 2.45) is 0 Å². The molecule has 0 aliphatic carbocycles. The molecular formula is C17H11ClN2O2S. The summed E-state index contributed by atoms with van der Waals surface area (Å²) in [6.07, 6.45) is 1.65. The van der Waals surface area contributed by atoms with Crippen molar-refractivity contribution in [2.45, 2.75) is 0 Å². The van der Waals surface area contributed by atoms with Gasteiger partial charge in [0.1, 0.15) is 5.70 Å². The molecule has 2 aromatic carbocycles. The van der Waals surface area contributed by atoms with Crippen LogP contribution < -0.4 is 5.32 Å². The summed E-state index contributed by atoms with van der Waals surface area (Å²) < 4.78 is 0. The average molecular weight is 343 g/mol. The molecule has 23 heavy (non-hydrogen) atoms. The van der Waals surface area contributed by atoms with Crippen LogP contribution in [0.3, 0.4) is 0 Å². The van der Waals surface area contributed by atoms with Crippen LogP contribution in [0.15, 0.2) is 60.3 Å². The van der Waals surface area contributed by atoms with E-state index in [9.17, 15) is 9.59 Å². The Morgan fingerprint density at radius 1 is 1.09 bits per heavy atom. The highest BCUT2D eigenvalue weighted by Gasteiger charge is 2.36. The van der Waals surface area contributed by atoms with Gasteiger partial charge in [0.25, 0.3) is 11.8 Å². The van der Waals surface area contributed by atoms with Crippen LogP contribution in [0.1, 0.15) is 15.9 Å². The van der Waals surface area contributed by atoms with E-state index in [2.05, 4.69) is 5.32 Å². The molecule has 1 aliphatic heterocycles. The number of imide groups is 1. The van der Waals surface area contributed by atoms with E-state index in [1.54, 1.807) is 30.3 Å². The number of amides is 2. The molecule has 0 aromatic heterocycles. The fourth-order valence-electron chi connectivity index (χ4n) is 2.19. The predicted molar refractivity (Wildman–Crippen MR) is 92.8 cm³/mol. The summed E-state index contributed by atoms with van der Waals surface area (Å²) in [5, 5.41) is 3.09. The fraction of sp³-hybridized carbons (Fsp3) is 0. The maximum absolute atomic E-state index is 12.6. The van der Waals surface area contributed by atoms with Crippen LogP contribution in [0, 0.1) is 0 Å². The summed E-state index contributed by atoms with van der Waals surface area (Å²) in [4.78, 5) is 26.0. The summed E-state index contributed by atoms with van der Waals surface area (Å²) in [6.45, 7) is 0. The number of hydrogen-bond acceptors (Lipinski definition) is 3. The molecule has 4 nitrogen and oxygen atoms in total. The fourth-order valence-corrected chi connectivity index (χ4v) is 2.68. The predicted octanol–water partition coefficient (Wildman–Crippen LogP) is 3.24. The maximum atomic E-state index is 12.6. The number of thiocarbonyl (C=S) groups is 1. The average Bonchev–Trinajstić information content (AvgIpc) is 2.82. The van der Waals surface area contributed by atoms with Gasteiger partial charge in [-0.05, 0) is 36.0 Å². The van der Waals surface area contributed by atoms with Gasteiger partial charge in [-0.25, -0.2) is 4.90 Å². The lowest BCUT2D eigenvalue weighted by Gasteiger charge is -2.12. The van der Waals surface area contributed by atoms with E-state index in [0.29, 0.717) is 0 Å². The van der Waals surface area contributed by atoms with Crippen LogP contribution in [0.4, 0.5) is 0 Å². The van der Waals surface area contributed by atoms with Gasteiger partial charge in [0.05, 0.1) is 10.6 Å². The minimum Gasteiger partial charge on any atom is -0.327 e. The van der Waals surface area contributed by atoms with E-state index < -0.39 is 11.8 Å². The normalized spacial score (nSPS) is 15.9. The zero-order valence-electron chi connectivity index (χ0n) is 11.8. The molecule has 1 aliphatic rings. The van der Waals surface area contributed by atoms with E-state index in [1.807, 2.05) is 30.3 Å². The summed E-state index contributed by atoms with van der Waals surface area (Å²) in [5.74, 6) is -1.04. The summed E-state index contributed by atoms with van der Waals surface area (Å²) in [5.41, 5.74) is 1.31. The highest BCUT2D eigenvalue weighted by atomic mass is 35.5. The van der Waals surface area contributed by atoms with Crippen molar-refractivity contribution in [3.8, 4) is 0 Å². The van der Waals surface area contributed by atoms with Gasteiger partial charge in [-0.3, -0.25) is 9.59 Å². The quantitative estimate of drug-likeness (QED) is 0.517. The lowest BCUT2D eigenvalue weighted by molar-refractivity contribution is -0.120. The number of halogens is 1. The summed E-state index contributed by atoms with van der Waals surface area (Å²) in [6, 6.07) is 15.8. The van der Waals surface area contributed by atoms with Gasteiger partial charge >= 0.3 is 0 Å². The molecule has 2 aromatic rings. The third-order valence-corrected chi connectivity index (χ3v) is 3.91. The summed E-state index contributed by atoms with van der Waals surface area (Å²) in [7, 11) is 0. The monoisotopic (exact) mass is 342 g/mol. The van der Waals surface area contributed by atoms with Crippen LogP contribution in [0.2, 0.25) is 5.02 Å².